The minimum Gasteiger partial charge on any atom is -0.497 e. The number of hydrogen-bond acceptors (Lipinski definition) is 6. The van der Waals surface area contributed by atoms with Gasteiger partial charge >= 0.3 is 0 Å². The van der Waals surface area contributed by atoms with Crippen molar-refractivity contribution in [3.63, 3.8) is 0 Å². The van der Waals surface area contributed by atoms with E-state index in [1.165, 1.54) is 18.2 Å². The standard InChI is InChI=1S/C19H21N3O5/c1-26-15-4-6-16(7-5-15)27-18-8-3-14(22(24)25)13-17(18)19(23)21-11-2-9-20-10-12-21/h3-8,13,20H,2,9-12H2,1H3. The lowest BCUT2D eigenvalue weighted by molar-refractivity contribution is -0.384. The summed E-state index contributed by atoms with van der Waals surface area (Å²) in [5.41, 5.74) is 0.0373. The van der Waals surface area contributed by atoms with Crippen molar-refractivity contribution in [3.8, 4) is 17.2 Å². The lowest BCUT2D eigenvalue weighted by Crippen LogP contribution is -2.34. The number of carbonyl (C=O) groups excluding carboxylic acids is 1. The molecule has 0 bridgehead atoms. The summed E-state index contributed by atoms with van der Waals surface area (Å²) in [6, 6.07) is 11.0. The highest BCUT2D eigenvalue weighted by Gasteiger charge is 2.24. The molecule has 1 aliphatic heterocycles. The molecule has 0 atom stereocenters. The van der Waals surface area contributed by atoms with Gasteiger partial charge in [0, 0.05) is 31.8 Å². The van der Waals surface area contributed by atoms with Gasteiger partial charge in [-0.25, -0.2) is 0 Å². The minimum atomic E-state index is -0.516. The van der Waals surface area contributed by atoms with E-state index in [0.717, 1.165) is 13.0 Å². The van der Waals surface area contributed by atoms with Crippen molar-refractivity contribution in [2.24, 2.45) is 0 Å². The Bertz CT molecular complexity index is 815. The molecule has 0 saturated carbocycles. The molecule has 1 N–H and O–H groups in total. The number of nitrogens with zero attached hydrogens (tertiary/aromatic N) is 2. The highest BCUT2D eigenvalue weighted by Crippen LogP contribution is 2.30. The van der Waals surface area contributed by atoms with Crippen LogP contribution in [0.15, 0.2) is 42.5 Å². The highest BCUT2D eigenvalue weighted by molar-refractivity contribution is 5.97. The van der Waals surface area contributed by atoms with Crippen molar-refractivity contribution in [1.82, 2.24) is 10.2 Å². The molecule has 0 unspecified atom stereocenters. The van der Waals surface area contributed by atoms with Gasteiger partial charge in [-0.1, -0.05) is 0 Å². The molecule has 2 aromatic carbocycles. The zero-order chi connectivity index (χ0) is 19.2. The van der Waals surface area contributed by atoms with Crippen molar-refractivity contribution in [2.45, 2.75) is 6.42 Å². The number of amides is 1. The first-order valence-corrected chi connectivity index (χ1v) is 8.69. The van der Waals surface area contributed by atoms with Crippen LogP contribution in [0, 0.1) is 10.1 Å². The summed E-state index contributed by atoms with van der Waals surface area (Å²) < 4.78 is 11.0. The van der Waals surface area contributed by atoms with Crippen molar-refractivity contribution < 1.29 is 19.2 Å². The fourth-order valence-electron chi connectivity index (χ4n) is 2.88. The van der Waals surface area contributed by atoms with Crippen molar-refractivity contribution >= 4 is 11.6 Å². The zero-order valence-electron chi connectivity index (χ0n) is 15.0. The van der Waals surface area contributed by atoms with E-state index in [1.54, 1.807) is 36.3 Å². The second-order valence-electron chi connectivity index (χ2n) is 6.11. The third-order valence-electron chi connectivity index (χ3n) is 4.32. The predicted molar refractivity (Wildman–Crippen MR) is 99.6 cm³/mol. The summed E-state index contributed by atoms with van der Waals surface area (Å²) in [6.45, 7) is 2.67. The van der Waals surface area contributed by atoms with Gasteiger partial charge in [-0.3, -0.25) is 14.9 Å². The molecule has 1 fully saturated rings. The monoisotopic (exact) mass is 371 g/mol. The van der Waals surface area contributed by atoms with Crippen LogP contribution >= 0.6 is 0 Å². The average molecular weight is 371 g/mol. The van der Waals surface area contributed by atoms with Crippen LogP contribution in [0.25, 0.3) is 0 Å². The number of rotatable bonds is 5. The molecular formula is C19H21N3O5. The topological polar surface area (TPSA) is 93.9 Å². The number of nitrogens with one attached hydrogen (secondary N) is 1. The van der Waals surface area contributed by atoms with E-state index in [-0.39, 0.29) is 22.9 Å². The first kappa shape index (κ1) is 18.7. The predicted octanol–water partition coefficient (Wildman–Crippen LogP) is 2.83. The first-order chi connectivity index (χ1) is 13.1. The van der Waals surface area contributed by atoms with E-state index in [9.17, 15) is 14.9 Å². The summed E-state index contributed by atoms with van der Waals surface area (Å²) in [7, 11) is 1.57. The molecule has 1 amide bonds. The summed E-state index contributed by atoms with van der Waals surface area (Å²) in [6.07, 6.45) is 0.829. The van der Waals surface area contributed by atoms with Gasteiger partial charge in [0.25, 0.3) is 11.6 Å². The van der Waals surface area contributed by atoms with Gasteiger partial charge in [-0.05, 0) is 43.3 Å². The molecule has 27 heavy (non-hydrogen) atoms. The second-order valence-corrected chi connectivity index (χ2v) is 6.11. The fraction of sp³-hybridized carbons (Fsp3) is 0.316. The first-order valence-electron chi connectivity index (χ1n) is 8.69. The normalized spacial score (nSPS) is 14.3. The van der Waals surface area contributed by atoms with E-state index >= 15 is 0 Å². The number of hydrogen-bond donors (Lipinski definition) is 1. The van der Waals surface area contributed by atoms with Crippen LogP contribution in [0.5, 0.6) is 17.2 Å². The maximum Gasteiger partial charge on any atom is 0.270 e. The molecule has 8 heteroatoms. The number of ether oxygens (including phenoxy) is 2. The zero-order valence-corrected chi connectivity index (χ0v) is 15.0. The molecule has 1 heterocycles. The molecular weight excluding hydrogens is 350 g/mol. The molecule has 3 rings (SSSR count). The Kier molecular flexibility index (Phi) is 5.87. The Morgan fingerprint density at radius 3 is 2.56 bits per heavy atom. The van der Waals surface area contributed by atoms with E-state index in [2.05, 4.69) is 5.32 Å². The quantitative estimate of drug-likeness (QED) is 0.642. The number of methoxy groups -OCH3 is 1. The van der Waals surface area contributed by atoms with Gasteiger partial charge in [0.1, 0.15) is 17.2 Å². The van der Waals surface area contributed by atoms with E-state index < -0.39 is 4.92 Å². The van der Waals surface area contributed by atoms with Crippen LogP contribution in [-0.4, -0.2) is 49.0 Å². The lowest BCUT2D eigenvalue weighted by Gasteiger charge is -2.21. The molecule has 0 aromatic heterocycles. The lowest BCUT2D eigenvalue weighted by atomic mass is 10.1. The summed E-state index contributed by atoms with van der Waals surface area (Å²) in [4.78, 5) is 25.4. The Morgan fingerprint density at radius 1 is 1.11 bits per heavy atom. The van der Waals surface area contributed by atoms with E-state index in [0.29, 0.717) is 31.1 Å². The smallest absolute Gasteiger partial charge is 0.270 e. The van der Waals surface area contributed by atoms with Crippen LogP contribution in [0.1, 0.15) is 16.8 Å². The van der Waals surface area contributed by atoms with Crippen molar-refractivity contribution in [2.75, 3.05) is 33.3 Å². The molecule has 0 aliphatic carbocycles. The van der Waals surface area contributed by atoms with Crippen LogP contribution < -0.4 is 14.8 Å². The van der Waals surface area contributed by atoms with Crippen molar-refractivity contribution in [1.29, 1.82) is 0 Å². The van der Waals surface area contributed by atoms with Gasteiger partial charge < -0.3 is 19.7 Å². The Hall–Kier alpha value is -3.13. The van der Waals surface area contributed by atoms with Gasteiger partial charge in [0.2, 0.25) is 0 Å². The van der Waals surface area contributed by atoms with Gasteiger partial charge in [0.15, 0.2) is 0 Å². The van der Waals surface area contributed by atoms with Crippen LogP contribution in [0.2, 0.25) is 0 Å². The molecule has 0 spiro atoms. The van der Waals surface area contributed by atoms with Crippen LogP contribution in [-0.2, 0) is 0 Å². The maximum absolute atomic E-state index is 13.0. The van der Waals surface area contributed by atoms with Gasteiger partial charge in [0.05, 0.1) is 17.6 Å². The molecule has 142 valence electrons. The fourth-order valence-corrected chi connectivity index (χ4v) is 2.88. The van der Waals surface area contributed by atoms with E-state index in [4.69, 9.17) is 9.47 Å². The van der Waals surface area contributed by atoms with E-state index in [1.807, 2.05) is 0 Å². The highest BCUT2D eigenvalue weighted by atomic mass is 16.6. The number of benzene rings is 2. The largest absolute Gasteiger partial charge is 0.497 e. The number of nitro groups is 1. The van der Waals surface area contributed by atoms with Crippen LogP contribution in [0.3, 0.4) is 0 Å². The summed E-state index contributed by atoms with van der Waals surface area (Å²) in [5, 5.41) is 14.4. The summed E-state index contributed by atoms with van der Waals surface area (Å²) in [5.74, 6) is 1.20. The third kappa shape index (κ3) is 4.53. The molecule has 1 saturated heterocycles. The average Bonchev–Trinajstić information content (AvgIpc) is 2.97. The Balaban J connectivity index is 1.91. The maximum atomic E-state index is 13.0. The molecule has 0 radical (unpaired) electrons. The van der Waals surface area contributed by atoms with Crippen molar-refractivity contribution in [3.05, 3.63) is 58.1 Å². The van der Waals surface area contributed by atoms with Crippen LogP contribution in [0.4, 0.5) is 5.69 Å². The number of carbonyl (C=O) groups is 1. The molecule has 2 aromatic rings. The minimum absolute atomic E-state index is 0.145. The molecule has 8 nitrogen and oxygen atoms in total. The van der Waals surface area contributed by atoms with Gasteiger partial charge in [-0.15, -0.1) is 0 Å². The Labute approximate surface area is 156 Å². The third-order valence-corrected chi connectivity index (χ3v) is 4.32. The number of non-ortho nitro benzene ring substituents is 1. The Morgan fingerprint density at radius 2 is 1.85 bits per heavy atom. The SMILES string of the molecule is COc1ccc(Oc2ccc([N+](=O)[O-])cc2C(=O)N2CCCNCC2)cc1. The molecule has 1 aliphatic rings. The number of nitro benzene ring substituents is 1. The van der Waals surface area contributed by atoms with Gasteiger partial charge in [-0.2, -0.15) is 0 Å². The summed E-state index contributed by atoms with van der Waals surface area (Å²) >= 11 is 0. The second kappa shape index (κ2) is 8.50.